The molecule has 0 amide bonds. The van der Waals surface area contributed by atoms with Crippen LogP contribution in [0.5, 0.6) is 0 Å². The molecule has 0 aliphatic heterocycles. The molecule has 0 radical (unpaired) electrons. The number of aliphatic hydroxyl groups is 1. The fourth-order valence-electron chi connectivity index (χ4n) is 1.47. The van der Waals surface area contributed by atoms with Crippen molar-refractivity contribution in [3.63, 3.8) is 0 Å². The van der Waals surface area contributed by atoms with Crippen molar-refractivity contribution in [3.05, 3.63) is 65.5 Å². The summed E-state index contributed by atoms with van der Waals surface area (Å²) in [4.78, 5) is 10.5. The monoisotopic (exact) mass is 434 g/mol. The number of hydrogen-bond donors (Lipinski definition) is 2. The fraction of sp³-hybridized carbons (Fsp3) is 0.0714. The largest absolute Gasteiger partial charge is 0.478 e. The average molecular weight is 437 g/mol. The van der Waals surface area contributed by atoms with Crippen LogP contribution < -0.4 is 0 Å². The molecule has 0 atom stereocenters. The molecule has 2 aromatic rings. The van der Waals surface area contributed by atoms with Crippen LogP contribution in [0.4, 0.5) is 0 Å². The van der Waals surface area contributed by atoms with E-state index in [0.717, 1.165) is 0 Å². The van der Waals surface area contributed by atoms with Crippen molar-refractivity contribution < 1.29 is 15.0 Å². The summed E-state index contributed by atoms with van der Waals surface area (Å²) in [5.41, 5.74) is 0.389. The maximum atomic E-state index is 10.5. The van der Waals surface area contributed by atoms with E-state index in [0.29, 0.717) is 25.7 Å². The standard InChI is InChI=1S/C7H3Cl3O2.C7H5Cl3O/c8-3-1-4(9)6(7(11)12)5(10)2-3;8-4-1-6(9)5(3-11)7(10)2-4/h1-2H,(H,11,12);1-2,11H,3H2. The van der Waals surface area contributed by atoms with Crippen molar-refractivity contribution in [3.8, 4) is 0 Å². The van der Waals surface area contributed by atoms with E-state index in [1.165, 1.54) is 12.1 Å². The summed E-state index contributed by atoms with van der Waals surface area (Å²) in [7, 11) is 0. The zero-order chi connectivity index (χ0) is 17.7. The number of rotatable bonds is 2. The minimum Gasteiger partial charge on any atom is -0.478 e. The number of hydrogen-bond acceptors (Lipinski definition) is 2. The van der Waals surface area contributed by atoms with Crippen LogP contribution in [0.15, 0.2) is 24.3 Å². The van der Waals surface area contributed by atoms with Gasteiger partial charge in [0.15, 0.2) is 0 Å². The Labute approximate surface area is 162 Å². The highest BCUT2D eigenvalue weighted by Gasteiger charge is 2.13. The predicted octanol–water partition coefficient (Wildman–Crippen LogP) is 6.48. The summed E-state index contributed by atoms with van der Waals surface area (Å²) in [6.07, 6.45) is 0. The third kappa shape index (κ3) is 5.87. The Kier molecular flexibility index (Phi) is 8.25. The van der Waals surface area contributed by atoms with Gasteiger partial charge >= 0.3 is 5.97 Å². The van der Waals surface area contributed by atoms with Gasteiger partial charge in [0.2, 0.25) is 0 Å². The summed E-state index contributed by atoms with van der Waals surface area (Å²) in [6, 6.07) is 5.75. The molecule has 3 nitrogen and oxygen atoms in total. The third-order valence-electron chi connectivity index (χ3n) is 2.48. The molecule has 0 heterocycles. The lowest BCUT2D eigenvalue weighted by molar-refractivity contribution is 0.0697. The summed E-state index contributed by atoms with van der Waals surface area (Å²) in [5, 5.41) is 19.1. The van der Waals surface area contributed by atoms with Gasteiger partial charge in [-0.3, -0.25) is 0 Å². The van der Waals surface area contributed by atoms with Crippen molar-refractivity contribution >= 4 is 75.6 Å². The van der Waals surface area contributed by atoms with Crippen LogP contribution in [0, 0.1) is 0 Å². The van der Waals surface area contributed by atoms with E-state index in [1.807, 2.05) is 0 Å². The lowest BCUT2D eigenvalue weighted by atomic mass is 10.2. The summed E-state index contributed by atoms with van der Waals surface area (Å²) in [6.45, 7) is -0.172. The Morgan fingerprint density at radius 2 is 1.13 bits per heavy atom. The molecule has 0 aliphatic rings. The highest BCUT2D eigenvalue weighted by Crippen LogP contribution is 2.29. The van der Waals surface area contributed by atoms with Crippen molar-refractivity contribution in [2.75, 3.05) is 0 Å². The molecule has 0 saturated heterocycles. The van der Waals surface area contributed by atoms with Gasteiger partial charge in [0, 0.05) is 25.7 Å². The first kappa shape index (κ1) is 20.7. The second-order valence-electron chi connectivity index (χ2n) is 4.06. The number of carboxylic acid groups (broad SMARTS) is 1. The predicted molar refractivity (Wildman–Crippen MR) is 95.8 cm³/mol. The van der Waals surface area contributed by atoms with E-state index in [9.17, 15) is 4.79 Å². The lowest BCUT2D eigenvalue weighted by Gasteiger charge is -2.02. The average Bonchev–Trinajstić information content (AvgIpc) is 2.36. The SMILES string of the molecule is O=C(O)c1c(Cl)cc(Cl)cc1Cl.OCc1c(Cl)cc(Cl)cc1Cl. The smallest absolute Gasteiger partial charge is 0.338 e. The van der Waals surface area contributed by atoms with Gasteiger partial charge in [-0.2, -0.15) is 0 Å². The molecular formula is C14H8Cl6O3. The first-order valence-electron chi connectivity index (χ1n) is 5.79. The van der Waals surface area contributed by atoms with Crippen molar-refractivity contribution in [1.82, 2.24) is 0 Å². The first-order chi connectivity index (χ1) is 10.7. The van der Waals surface area contributed by atoms with E-state index < -0.39 is 5.97 Å². The zero-order valence-corrected chi connectivity index (χ0v) is 15.6. The number of halogens is 6. The second kappa shape index (κ2) is 9.19. The maximum absolute atomic E-state index is 10.5. The Bertz CT molecular complexity index is 686. The van der Waals surface area contributed by atoms with Gasteiger partial charge in [0.1, 0.15) is 0 Å². The van der Waals surface area contributed by atoms with Crippen LogP contribution in [0.1, 0.15) is 15.9 Å². The Hall–Kier alpha value is -0.390. The van der Waals surface area contributed by atoms with Gasteiger partial charge in [0.05, 0.1) is 22.2 Å². The van der Waals surface area contributed by atoms with E-state index >= 15 is 0 Å². The fourth-order valence-corrected chi connectivity index (χ4v) is 3.38. The normalized spacial score (nSPS) is 10.0. The molecule has 23 heavy (non-hydrogen) atoms. The van der Waals surface area contributed by atoms with Crippen LogP contribution >= 0.6 is 69.6 Å². The summed E-state index contributed by atoms with van der Waals surface area (Å²) in [5.74, 6) is -1.17. The molecule has 2 rings (SSSR count). The third-order valence-corrected chi connectivity index (χ3v) is 4.19. The van der Waals surface area contributed by atoms with Crippen LogP contribution in [0.3, 0.4) is 0 Å². The van der Waals surface area contributed by atoms with E-state index in [-0.39, 0.29) is 22.2 Å². The van der Waals surface area contributed by atoms with Gasteiger partial charge in [-0.1, -0.05) is 69.6 Å². The molecule has 0 saturated carbocycles. The quantitative estimate of drug-likeness (QED) is 0.566. The highest BCUT2D eigenvalue weighted by molar-refractivity contribution is 6.42. The molecule has 0 unspecified atom stereocenters. The van der Waals surface area contributed by atoms with Gasteiger partial charge in [-0.25, -0.2) is 4.79 Å². The Morgan fingerprint density at radius 1 is 0.783 bits per heavy atom. The van der Waals surface area contributed by atoms with Crippen LogP contribution in [0.25, 0.3) is 0 Å². The zero-order valence-electron chi connectivity index (χ0n) is 11.1. The number of aliphatic hydroxyl groups excluding tert-OH is 1. The van der Waals surface area contributed by atoms with E-state index in [2.05, 4.69) is 0 Å². The summed E-state index contributed by atoms with van der Waals surface area (Å²) < 4.78 is 0. The molecule has 2 aromatic carbocycles. The number of benzene rings is 2. The second-order valence-corrected chi connectivity index (χ2v) is 6.56. The number of carboxylic acids is 1. The van der Waals surface area contributed by atoms with Gasteiger partial charge in [-0.15, -0.1) is 0 Å². The highest BCUT2D eigenvalue weighted by atomic mass is 35.5. The van der Waals surface area contributed by atoms with Crippen molar-refractivity contribution in [2.45, 2.75) is 6.61 Å². The van der Waals surface area contributed by atoms with E-state index in [1.54, 1.807) is 12.1 Å². The molecular weight excluding hydrogens is 429 g/mol. The van der Waals surface area contributed by atoms with Crippen molar-refractivity contribution in [2.24, 2.45) is 0 Å². The Balaban J connectivity index is 0.000000231. The minimum absolute atomic E-state index is 0.0417. The van der Waals surface area contributed by atoms with Gasteiger partial charge in [0.25, 0.3) is 0 Å². The molecule has 9 heteroatoms. The van der Waals surface area contributed by atoms with Crippen LogP contribution in [0.2, 0.25) is 30.1 Å². The van der Waals surface area contributed by atoms with Crippen LogP contribution in [-0.2, 0) is 6.61 Å². The molecule has 0 aromatic heterocycles. The molecule has 0 spiro atoms. The molecule has 0 fully saturated rings. The minimum atomic E-state index is -1.17. The topological polar surface area (TPSA) is 57.5 Å². The maximum Gasteiger partial charge on any atom is 0.338 e. The van der Waals surface area contributed by atoms with Gasteiger partial charge in [-0.05, 0) is 24.3 Å². The number of carbonyl (C=O) groups is 1. The van der Waals surface area contributed by atoms with Crippen LogP contribution in [-0.4, -0.2) is 16.2 Å². The molecule has 0 aliphatic carbocycles. The Morgan fingerprint density at radius 3 is 1.43 bits per heavy atom. The first-order valence-corrected chi connectivity index (χ1v) is 8.06. The van der Waals surface area contributed by atoms with Crippen molar-refractivity contribution in [1.29, 1.82) is 0 Å². The molecule has 2 N–H and O–H groups in total. The summed E-state index contributed by atoms with van der Waals surface area (Å²) >= 11 is 33.8. The van der Waals surface area contributed by atoms with Gasteiger partial charge < -0.3 is 10.2 Å². The lowest BCUT2D eigenvalue weighted by Crippen LogP contribution is -1.98. The molecule has 0 bridgehead atoms. The van der Waals surface area contributed by atoms with E-state index in [4.69, 9.17) is 79.8 Å². The number of aromatic carboxylic acids is 1. The molecule has 124 valence electrons.